The van der Waals surface area contributed by atoms with Gasteiger partial charge in [-0.3, -0.25) is 13.8 Å². The number of halogens is 1. The third-order valence-electron chi connectivity index (χ3n) is 3.91. The van der Waals surface area contributed by atoms with E-state index in [1.807, 2.05) is 0 Å². The number of nitrogens with zero attached hydrogens (tertiary/aromatic N) is 4. The molecule has 0 N–H and O–H groups in total. The summed E-state index contributed by atoms with van der Waals surface area (Å²) in [6.07, 6.45) is 2.37. The van der Waals surface area contributed by atoms with Gasteiger partial charge < -0.3 is 0 Å². The summed E-state index contributed by atoms with van der Waals surface area (Å²) in [5, 5.41) is 6.55. The Kier molecular flexibility index (Phi) is 2.90. The van der Waals surface area contributed by atoms with Gasteiger partial charge in [-0.05, 0) is 30.2 Å². The van der Waals surface area contributed by atoms with Crippen LogP contribution in [-0.4, -0.2) is 27.6 Å². The quantitative estimate of drug-likeness (QED) is 0.505. The predicted octanol–water partition coefficient (Wildman–Crippen LogP) is 2.82. The van der Waals surface area contributed by atoms with Crippen LogP contribution >= 0.6 is 11.6 Å². The van der Waals surface area contributed by atoms with Crippen LogP contribution in [0.15, 0.2) is 70.8 Å². The summed E-state index contributed by atoms with van der Waals surface area (Å²) >= 11 is 6.13. The Morgan fingerprint density at radius 2 is 1.93 bits per heavy atom. The molecule has 2 aromatic carbocycles. The lowest BCUT2D eigenvalue weighted by molar-refractivity contribution is 0.584. The van der Waals surface area contributed by atoms with Crippen LogP contribution in [0, 0.1) is 6.92 Å². The topological polar surface area (TPSA) is 86.3 Å². The fraction of sp³-hybridized carbons (Fsp3) is 0.105. The summed E-state index contributed by atoms with van der Waals surface area (Å²) in [5.74, 6) is 0. The van der Waals surface area contributed by atoms with E-state index < -0.39 is 67.7 Å². The Morgan fingerprint density at radius 3 is 2.68 bits per heavy atom. The minimum absolute atomic E-state index is 0.394. The minimum Gasteiger partial charge on any atom is -0.279 e. The van der Waals surface area contributed by atoms with Crippen molar-refractivity contribution in [3.63, 3.8) is 0 Å². The van der Waals surface area contributed by atoms with Gasteiger partial charge in [-0.2, -0.15) is 0 Å². The lowest BCUT2D eigenvalue weighted by Gasteiger charge is -2.10. The second-order valence-electron chi connectivity index (χ2n) is 5.64. The number of benzene rings is 2. The van der Waals surface area contributed by atoms with Gasteiger partial charge in [-0.15, -0.1) is 10.2 Å². The van der Waals surface area contributed by atoms with E-state index in [0.29, 0.717) is 16.3 Å². The first kappa shape index (κ1) is 11.8. The second-order valence-corrected chi connectivity index (χ2v) is 7.62. The average Bonchev–Trinajstić information content (AvgIpc) is 3.24. The molecular weight excluding hydrogens is 400 g/mol. The molecule has 0 amide bonds. The van der Waals surface area contributed by atoms with Gasteiger partial charge in [-0.1, -0.05) is 47.9 Å². The van der Waals surface area contributed by atoms with E-state index in [1.165, 1.54) is 10.8 Å². The molecule has 9 heteroatoms. The second kappa shape index (κ2) is 6.88. The van der Waals surface area contributed by atoms with Crippen molar-refractivity contribution in [2.75, 3.05) is 0 Å². The molecule has 0 aliphatic heterocycles. The maximum Gasteiger partial charge on any atom is 0.300 e. The number of hydrogen-bond donors (Lipinski definition) is 0. The van der Waals surface area contributed by atoms with E-state index in [2.05, 4.69) is 10.2 Å². The highest BCUT2D eigenvalue weighted by Crippen LogP contribution is 2.21. The predicted molar refractivity (Wildman–Crippen MR) is 106 cm³/mol. The van der Waals surface area contributed by atoms with Crippen molar-refractivity contribution < 1.29 is 18.0 Å². The van der Waals surface area contributed by atoms with Crippen LogP contribution in [0.1, 0.15) is 20.7 Å². The van der Waals surface area contributed by atoms with Crippen molar-refractivity contribution in [3.8, 4) is 5.69 Å². The summed E-state index contributed by atoms with van der Waals surface area (Å²) < 4.78 is 84.2. The van der Waals surface area contributed by atoms with Crippen molar-refractivity contribution in [1.82, 2.24) is 19.2 Å². The number of hydrogen-bond acceptors (Lipinski definition) is 5. The largest absolute Gasteiger partial charge is 0.300 e. The van der Waals surface area contributed by atoms with Crippen LogP contribution in [-0.2, 0) is 15.5 Å². The van der Waals surface area contributed by atoms with E-state index in [9.17, 15) is 13.2 Å². The highest BCUT2D eigenvalue weighted by Gasteiger charge is 2.24. The van der Waals surface area contributed by atoms with Crippen LogP contribution < -0.4 is 5.56 Å². The molecule has 7 nitrogen and oxygen atoms in total. The molecule has 0 unspecified atom stereocenters. The fourth-order valence-electron chi connectivity index (χ4n) is 2.58. The highest BCUT2D eigenvalue weighted by atomic mass is 35.5. The summed E-state index contributed by atoms with van der Waals surface area (Å²) in [5.41, 5.74) is -4.82. The van der Waals surface area contributed by atoms with E-state index in [1.54, 1.807) is 25.1 Å². The summed E-state index contributed by atoms with van der Waals surface area (Å²) in [4.78, 5) is 13.1. The third kappa shape index (κ3) is 3.10. The molecule has 0 atom stereocenters. The number of fused-ring (bicyclic) bond motifs is 1. The molecule has 0 saturated carbocycles. The molecule has 0 spiro atoms. The van der Waals surface area contributed by atoms with Crippen molar-refractivity contribution in [1.29, 1.82) is 0 Å². The fourth-order valence-corrected chi connectivity index (χ4v) is 3.76. The number of sulfone groups is 1. The molecule has 0 radical (unpaired) electrons. The standard InChI is InChI=1S/C19H15ClN4O3S/c1-13-15(20)8-5-9-16(13)23-10-11-24-17(18(23)25)21-22-19(24)28(26,27)12-14-6-3-2-4-7-14/h2-11H,12H2,1H3/i2D,3D,4D,6D,7D,12D2. The average molecular weight is 422 g/mol. The van der Waals surface area contributed by atoms with Crippen LogP contribution in [0.3, 0.4) is 0 Å². The van der Waals surface area contributed by atoms with Crippen molar-refractivity contribution in [2.24, 2.45) is 0 Å². The smallest absolute Gasteiger partial charge is 0.279 e. The lowest BCUT2D eigenvalue weighted by Crippen LogP contribution is -2.21. The van der Waals surface area contributed by atoms with Gasteiger partial charge in [-0.25, -0.2) is 8.42 Å². The van der Waals surface area contributed by atoms with Gasteiger partial charge in [0.05, 0.1) is 18.2 Å². The molecule has 0 fully saturated rings. The molecule has 142 valence electrons. The lowest BCUT2D eigenvalue weighted by atomic mass is 10.2. The first-order valence-electron chi connectivity index (χ1n) is 11.3. The van der Waals surface area contributed by atoms with Crippen molar-refractivity contribution in [2.45, 2.75) is 17.8 Å². The van der Waals surface area contributed by atoms with Gasteiger partial charge in [0.25, 0.3) is 5.16 Å². The minimum atomic E-state index is -5.19. The van der Waals surface area contributed by atoms with E-state index in [4.69, 9.17) is 21.2 Å². The Bertz CT molecular complexity index is 1670. The Morgan fingerprint density at radius 1 is 1.18 bits per heavy atom. The third-order valence-corrected chi connectivity index (χ3v) is 5.56. The van der Waals surface area contributed by atoms with Crippen molar-refractivity contribution in [3.05, 3.63) is 87.3 Å². The molecule has 4 aromatic rings. The summed E-state index contributed by atoms with van der Waals surface area (Å²) in [7, 11) is -5.19. The number of aromatic nitrogens is 4. The van der Waals surface area contributed by atoms with Crippen LogP contribution in [0.4, 0.5) is 0 Å². The van der Waals surface area contributed by atoms with E-state index in [-0.39, 0.29) is 0 Å². The first-order valence-corrected chi connectivity index (χ1v) is 9.63. The molecule has 0 aliphatic carbocycles. The molecule has 0 bridgehead atoms. The van der Waals surface area contributed by atoms with Gasteiger partial charge in [0.15, 0.2) is 0 Å². The zero-order chi connectivity index (χ0) is 26.0. The van der Waals surface area contributed by atoms with Gasteiger partial charge >= 0.3 is 5.56 Å². The normalized spacial score (nSPS) is 15.9. The zero-order valence-electron chi connectivity index (χ0n) is 21.2. The molecular formula is C19H15ClN4O3S. The van der Waals surface area contributed by atoms with Crippen molar-refractivity contribution >= 4 is 27.1 Å². The summed E-state index contributed by atoms with van der Waals surface area (Å²) in [6.45, 7) is 1.68. The number of rotatable bonds is 4. The summed E-state index contributed by atoms with van der Waals surface area (Å²) in [6, 6.07) is 0.236. The highest BCUT2D eigenvalue weighted by molar-refractivity contribution is 7.90. The van der Waals surface area contributed by atoms with Crippen LogP contribution in [0.25, 0.3) is 11.3 Å². The molecule has 4 rings (SSSR count). The maximum atomic E-state index is 13.3. The van der Waals surface area contributed by atoms with Gasteiger partial charge in [0.1, 0.15) is 0 Å². The SMILES string of the molecule is [2H]c1c([2H])c([2H])c(C([2H])([2H])S(=O)(=O)c2nnc3c(=O)n(-c4cccc(Cl)c4C)ccn23)c([2H])c1[2H]. The Balaban J connectivity index is 1.94. The zero-order valence-corrected chi connectivity index (χ0v) is 15.8. The Labute approximate surface area is 175 Å². The molecule has 0 aliphatic rings. The molecule has 28 heavy (non-hydrogen) atoms. The van der Waals surface area contributed by atoms with E-state index >= 15 is 0 Å². The first-order chi connectivity index (χ1) is 16.2. The van der Waals surface area contributed by atoms with Crippen LogP contribution in [0.5, 0.6) is 0 Å². The molecule has 2 aromatic heterocycles. The van der Waals surface area contributed by atoms with E-state index in [0.717, 1.165) is 10.6 Å². The maximum absolute atomic E-state index is 13.3. The van der Waals surface area contributed by atoms with Gasteiger partial charge in [0.2, 0.25) is 15.5 Å². The molecule has 0 saturated heterocycles. The van der Waals surface area contributed by atoms with Gasteiger partial charge in [0, 0.05) is 20.2 Å². The molecule has 2 heterocycles. The Hall–Kier alpha value is -2.97. The monoisotopic (exact) mass is 421 g/mol. The van der Waals surface area contributed by atoms with Crippen LogP contribution in [0.2, 0.25) is 5.02 Å².